The number of carbonyl (C=O) groups excluding carboxylic acids is 2. The van der Waals surface area contributed by atoms with Crippen molar-refractivity contribution in [1.29, 1.82) is 0 Å². The van der Waals surface area contributed by atoms with Crippen LogP contribution in [0.5, 0.6) is 5.75 Å². The number of halogens is 1. The van der Waals surface area contributed by atoms with Gasteiger partial charge in [0.1, 0.15) is 17.3 Å². The number of hydrogen-bond donors (Lipinski definition) is 3. The van der Waals surface area contributed by atoms with Crippen LogP contribution in [-0.2, 0) is 13.6 Å². The van der Waals surface area contributed by atoms with Crippen molar-refractivity contribution in [3.05, 3.63) is 89.6 Å². The first-order chi connectivity index (χ1) is 16.9. The molecule has 1 aliphatic carbocycles. The lowest BCUT2D eigenvalue weighted by molar-refractivity contribution is 0.101. The quantitative estimate of drug-likeness (QED) is 0.356. The largest absolute Gasteiger partial charge is 0.507 e. The van der Waals surface area contributed by atoms with Gasteiger partial charge >= 0.3 is 6.03 Å². The summed E-state index contributed by atoms with van der Waals surface area (Å²) in [6.07, 6.45) is 3.65. The summed E-state index contributed by atoms with van der Waals surface area (Å²) in [5, 5.41) is 20.5. The fourth-order valence-corrected chi connectivity index (χ4v) is 3.96. The number of hydrogen-bond acceptors (Lipinski definition) is 4. The van der Waals surface area contributed by atoms with E-state index in [4.69, 9.17) is 0 Å². The van der Waals surface area contributed by atoms with Crippen LogP contribution >= 0.6 is 0 Å². The zero-order valence-electron chi connectivity index (χ0n) is 19.0. The Kier molecular flexibility index (Phi) is 5.82. The predicted molar refractivity (Wildman–Crippen MR) is 129 cm³/mol. The first-order valence-electron chi connectivity index (χ1n) is 11.3. The van der Waals surface area contributed by atoms with Gasteiger partial charge in [-0.1, -0.05) is 18.2 Å². The Labute approximate surface area is 201 Å². The maximum Gasteiger partial charge on any atom is 0.342 e. The average Bonchev–Trinajstić information content (AvgIpc) is 3.44. The molecule has 4 aromatic rings. The number of rotatable bonds is 6. The monoisotopic (exact) mass is 473 g/mol. The van der Waals surface area contributed by atoms with E-state index in [1.807, 2.05) is 0 Å². The Morgan fingerprint density at radius 3 is 2.63 bits per heavy atom. The van der Waals surface area contributed by atoms with Crippen LogP contribution in [0.2, 0.25) is 0 Å². The van der Waals surface area contributed by atoms with Gasteiger partial charge in [-0.05, 0) is 55.3 Å². The van der Waals surface area contributed by atoms with Crippen molar-refractivity contribution in [3.8, 4) is 17.0 Å². The summed E-state index contributed by atoms with van der Waals surface area (Å²) >= 11 is 0. The van der Waals surface area contributed by atoms with Crippen molar-refractivity contribution < 1.29 is 19.1 Å². The number of aromatic nitrogens is 3. The lowest BCUT2D eigenvalue weighted by Crippen LogP contribution is -2.30. The molecular formula is C26H24FN5O3. The van der Waals surface area contributed by atoms with Crippen molar-refractivity contribution in [2.24, 2.45) is 7.05 Å². The first kappa shape index (κ1) is 22.4. The van der Waals surface area contributed by atoms with Gasteiger partial charge in [0.15, 0.2) is 0 Å². The number of aryl methyl sites for hydroxylation is 1. The van der Waals surface area contributed by atoms with E-state index >= 15 is 0 Å². The molecule has 178 valence electrons. The molecule has 35 heavy (non-hydrogen) atoms. The van der Waals surface area contributed by atoms with Crippen molar-refractivity contribution in [1.82, 2.24) is 19.7 Å². The molecule has 2 amide bonds. The minimum Gasteiger partial charge on any atom is -0.507 e. The number of carbonyl (C=O) groups is 2. The number of benzene rings is 2. The van der Waals surface area contributed by atoms with Gasteiger partial charge in [0, 0.05) is 42.5 Å². The Hall–Kier alpha value is -4.40. The van der Waals surface area contributed by atoms with Gasteiger partial charge in [0.2, 0.25) is 0 Å². The van der Waals surface area contributed by atoms with Crippen molar-refractivity contribution in [3.63, 3.8) is 0 Å². The summed E-state index contributed by atoms with van der Waals surface area (Å²) in [5.41, 5.74) is 2.86. The van der Waals surface area contributed by atoms with Crippen LogP contribution in [0.15, 0.2) is 66.9 Å². The molecule has 1 aliphatic rings. The van der Waals surface area contributed by atoms with E-state index in [0.29, 0.717) is 28.2 Å². The Morgan fingerprint density at radius 1 is 1.11 bits per heavy atom. The molecule has 2 aromatic carbocycles. The molecule has 0 atom stereocenters. The van der Waals surface area contributed by atoms with Gasteiger partial charge in [-0.15, -0.1) is 0 Å². The predicted octanol–water partition coefficient (Wildman–Crippen LogP) is 4.62. The van der Waals surface area contributed by atoms with E-state index < -0.39 is 11.8 Å². The topological polar surface area (TPSA) is 101 Å². The molecule has 0 aliphatic heterocycles. The lowest BCUT2D eigenvalue weighted by atomic mass is 10.1. The highest BCUT2D eigenvalue weighted by Crippen LogP contribution is 2.42. The highest BCUT2D eigenvalue weighted by atomic mass is 19.1. The standard InChI is InChI=1S/C26H24FN5O3/c1-31-12-4-7-22(31)25(34)29-18-10-11-24(33)19(13-18)21-14-23(16-8-9-16)32(30-21)26(35)28-15-17-5-2-3-6-20(17)27/h2-7,10-14,16,33H,8-9,15H2,1H3,(H,28,35)(H,29,34). The lowest BCUT2D eigenvalue weighted by Gasteiger charge is -2.09. The molecule has 1 fully saturated rings. The van der Waals surface area contributed by atoms with Gasteiger partial charge in [0.05, 0.1) is 11.4 Å². The van der Waals surface area contributed by atoms with Crippen LogP contribution in [-0.4, -0.2) is 31.4 Å². The van der Waals surface area contributed by atoms with Gasteiger partial charge in [-0.3, -0.25) is 4.79 Å². The van der Waals surface area contributed by atoms with E-state index in [9.17, 15) is 19.1 Å². The van der Waals surface area contributed by atoms with Crippen LogP contribution in [0, 0.1) is 5.82 Å². The van der Waals surface area contributed by atoms with E-state index in [-0.39, 0.29) is 24.1 Å². The molecule has 0 saturated heterocycles. The summed E-state index contributed by atoms with van der Waals surface area (Å²) in [5.74, 6) is -0.514. The van der Waals surface area contributed by atoms with Crippen LogP contribution < -0.4 is 10.6 Å². The highest BCUT2D eigenvalue weighted by molar-refractivity contribution is 6.03. The molecule has 3 N–H and O–H groups in total. The summed E-state index contributed by atoms with van der Waals surface area (Å²) in [6, 6.07) is 15.7. The fraction of sp³-hybridized carbons (Fsp3) is 0.192. The molecule has 8 nitrogen and oxygen atoms in total. The number of nitrogens with zero attached hydrogens (tertiary/aromatic N) is 3. The van der Waals surface area contributed by atoms with Crippen LogP contribution in [0.4, 0.5) is 14.9 Å². The number of phenolic OH excluding ortho intramolecular Hbond substituents is 1. The molecule has 0 spiro atoms. The molecule has 0 radical (unpaired) electrons. The number of phenols is 1. The summed E-state index contributed by atoms with van der Waals surface area (Å²) in [7, 11) is 1.78. The fourth-order valence-electron chi connectivity index (χ4n) is 3.96. The number of nitrogens with one attached hydrogen (secondary N) is 2. The van der Waals surface area contributed by atoms with E-state index in [1.165, 1.54) is 16.8 Å². The summed E-state index contributed by atoms with van der Waals surface area (Å²) in [4.78, 5) is 25.5. The van der Waals surface area contributed by atoms with Gasteiger partial charge < -0.3 is 20.3 Å². The minimum atomic E-state index is -0.478. The summed E-state index contributed by atoms with van der Waals surface area (Å²) < 4.78 is 16.9. The third kappa shape index (κ3) is 4.65. The van der Waals surface area contributed by atoms with Crippen molar-refractivity contribution >= 4 is 17.6 Å². The SMILES string of the molecule is Cn1cccc1C(=O)Nc1ccc(O)c(-c2cc(C3CC3)n(C(=O)NCc3ccccc3F)n2)c1. The molecule has 2 aromatic heterocycles. The second kappa shape index (κ2) is 9.09. The Morgan fingerprint density at radius 2 is 1.91 bits per heavy atom. The van der Waals surface area contributed by atoms with Gasteiger partial charge in [-0.25, -0.2) is 9.18 Å². The number of aromatic hydroxyl groups is 1. The van der Waals surface area contributed by atoms with Gasteiger partial charge in [0.25, 0.3) is 5.91 Å². The third-order valence-electron chi connectivity index (χ3n) is 6.02. The van der Waals surface area contributed by atoms with Crippen LogP contribution in [0.25, 0.3) is 11.3 Å². The van der Waals surface area contributed by atoms with Crippen LogP contribution in [0.3, 0.4) is 0 Å². The minimum absolute atomic E-state index is 0.0245. The molecule has 1 saturated carbocycles. The zero-order chi connectivity index (χ0) is 24.5. The molecule has 5 rings (SSSR count). The van der Waals surface area contributed by atoms with Crippen LogP contribution in [0.1, 0.15) is 40.5 Å². The normalized spacial score (nSPS) is 13.0. The smallest absolute Gasteiger partial charge is 0.342 e. The molecule has 2 heterocycles. The Bertz CT molecular complexity index is 1420. The van der Waals surface area contributed by atoms with Crippen molar-refractivity contribution in [2.75, 3.05) is 5.32 Å². The molecule has 0 unspecified atom stereocenters. The second-order valence-corrected chi connectivity index (χ2v) is 8.58. The molecule has 0 bridgehead atoms. The average molecular weight is 474 g/mol. The molecule has 9 heteroatoms. The van der Waals surface area contributed by atoms with E-state index in [2.05, 4.69) is 15.7 Å². The second-order valence-electron chi connectivity index (χ2n) is 8.58. The third-order valence-corrected chi connectivity index (χ3v) is 6.02. The Balaban J connectivity index is 1.40. The van der Waals surface area contributed by atoms with Crippen molar-refractivity contribution in [2.45, 2.75) is 25.3 Å². The van der Waals surface area contributed by atoms with E-state index in [0.717, 1.165) is 18.5 Å². The number of anilines is 1. The highest BCUT2D eigenvalue weighted by Gasteiger charge is 2.31. The summed E-state index contributed by atoms with van der Waals surface area (Å²) in [6.45, 7) is 0.0245. The zero-order valence-corrected chi connectivity index (χ0v) is 19.0. The van der Waals surface area contributed by atoms with E-state index in [1.54, 1.807) is 66.3 Å². The van der Waals surface area contributed by atoms with Gasteiger partial charge in [-0.2, -0.15) is 9.78 Å². The maximum absolute atomic E-state index is 13.9. The number of amides is 2. The maximum atomic E-state index is 13.9. The first-order valence-corrected chi connectivity index (χ1v) is 11.3. The molecular weight excluding hydrogens is 449 g/mol.